The third-order valence-electron chi connectivity index (χ3n) is 6.27. The van der Waals surface area contributed by atoms with Gasteiger partial charge in [-0.1, -0.05) is 17.8 Å². The molecule has 212 valence electrons. The van der Waals surface area contributed by atoms with E-state index in [1.54, 1.807) is 11.5 Å². The Hall–Kier alpha value is -4.10. The SMILES string of the molecule is CCOC(=O)c1c(NC(=O)CSc2nnc(CNC(=O)c3cccc(F)c3)n2-c2ccc(F)cc2)sc2c1CCC2. The molecular formula is C28H25F2N5O4S2. The molecule has 0 aliphatic heterocycles. The van der Waals surface area contributed by atoms with E-state index in [0.29, 0.717) is 27.2 Å². The molecule has 13 heteroatoms. The molecule has 2 amide bonds. The van der Waals surface area contributed by atoms with E-state index < -0.39 is 23.5 Å². The van der Waals surface area contributed by atoms with Crippen molar-refractivity contribution in [1.82, 2.24) is 20.1 Å². The zero-order chi connectivity index (χ0) is 28.9. The molecule has 0 atom stereocenters. The molecule has 0 fully saturated rings. The lowest BCUT2D eigenvalue weighted by Gasteiger charge is -2.11. The van der Waals surface area contributed by atoms with Gasteiger partial charge in [0.2, 0.25) is 5.91 Å². The van der Waals surface area contributed by atoms with Gasteiger partial charge in [-0.05, 0) is 74.2 Å². The van der Waals surface area contributed by atoms with E-state index >= 15 is 0 Å². The van der Waals surface area contributed by atoms with Gasteiger partial charge in [0.25, 0.3) is 5.91 Å². The van der Waals surface area contributed by atoms with Crippen LogP contribution in [0.3, 0.4) is 0 Å². The number of nitrogens with zero attached hydrogens (tertiary/aromatic N) is 3. The van der Waals surface area contributed by atoms with Crippen molar-refractivity contribution in [2.45, 2.75) is 37.9 Å². The monoisotopic (exact) mass is 597 g/mol. The second kappa shape index (κ2) is 12.6. The summed E-state index contributed by atoms with van der Waals surface area (Å²) in [6.07, 6.45) is 2.59. The number of thioether (sulfide) groups is 1. The lowest BCUT2D eigenvalue weighted by atomic mass is 10.1. The maximum absolute atomic E-state index is 13.6. The number of esters is 1. The lowest BCUT2D eigenvalue weighted by molar-refractivity contribution is -0.113. The summed E-state index contributed by atoms with van der Waals surface area (Å²) in [5, 5.41) is 14.7. The minimum absolute atomic E-state index is 0.0557. The number of ether oxygens (including phenoxy) is 1. The number of carbonyl (C=O) groups is 3. The number of benzene rings is 2. The molecule has 0 unspecified atom stereocenters. The zero-order valence-electron chi connectivity index (χ0n) is 21.9. The molecule has 0 radical (unpaired) electrons. The molecule has 0 saturated heterocycles. The second-order valence-corrected chi connectivity index (χ2v) is 11.1. The molecule has 2 N–H and O–H groups in total. The fraction of sp³-hybridized carbons (Fsp3) is 0.250. The van der Waals surface area contributed by atoms with Gasteiger partial charge < -0.3 is 15.4 Å². The van der Waals surface area contributed by atoms with Crippen LogP contribution >= 0.6 is 23.1 Å². The Balaban J connectivity index is 1.32. The highest BCUT2D eigenvalue weighted by Gasteiger charge is 2.28. The van der Waals surface area contributed by atoms with Gasteiger partial charge >= 0.3 is 5.97 Å². The Labute approximate surface area is 242 Å². The van der Waals surface area contributed by atoms with Crippen LogP contribution in [0.2, 0.25) is 0 Å². The Morgan fingerprint density at radius 3 is 2.63 bits per heavy atom. The van der Waals surface area contributed by atoms with Crippen molar-refractivity contribution in [1.29, 1.82) is 0 Å². The third-order valence-corrected chi connectivity index (χ3v) is 8.40. The Kier molecular flexibility index (Phi) is 8.74. The Bertz CT molecular complexity index is 1600. The van der Waals surface area contributed by atoms with Crippen LogP contribution in [0.15, 0.2) is 53.7 Å². The predicted molar refractivity (Wildman–Crippen MR) is 151 cm³/mol. The first-order valence-electron chi connectivity index (χ1n) is 12.8. The van der Waals surface area contributed by atoms with Gasteiger partial charge in [-0.2, -0.15) is 0 Å². The van der Waals surface area contributed by atoms with Gasteiger partial charge in [0.05, 0.1) is 24.5 Å². The van der Waals surface area contributed by atoms with E-state index in [0.717, 1.165) is 47.5 Å². The lowest BCUT2D eigenvalue weighted by Crippen LogP contribution is -2.24. The van der Waals surface area contributed by atoms with Crippen LogP contribution in [0.25, 0.3) is 5.69 Å². The standard InChI is InChI=1S/C28H25F2N5O4S2/c1-2-39-27(38)24-20-7-4-8-21(20)41-26(24)32-23(36)15-40-28-34-33-22(35(28)19-11-9-17(29)10-12-19)14-31-25(37)16-5-3-6-18(30)13-16/h3,5-6,9-13H,2,4,7-8,14-15H2,1H3,(H,31,37)(H,32,36). The van der Waals surface area contributed by atoms with Crippen LogP contribution < -0.4 is 10.6 Å². The summed E-state index contributed by atoms with van der Waals surface area (Å²) in [5.41, 5.74) is 2.03. The van der Waals surface area contributed by atoms with Gasteiger partial charge in [0, 0.05) is 16.1 Å². The normalized spacial score (nSPS) is 12.2. The summed E-state index contributed by atoms with van der Waals surface area (Å²) in [7, 11) is 0. The average Bonchev–Trinajstić information content (AvgIpc) is 3.66. The Morgan fingerprint density at radius 1 is 1.07 bits per heavy atom. The highest BCUT2D eigenvalue weighted by atomic mass is 32.2. The van der Waals surface area contributed by atoms with Crippen molar-refractivity contribution >= 4 is 45.9 Å². The molecule has 2 aromatic carbocycles. The van der Waals surface area contributed by atoms with E-state index in [-0.39, 0.29) is 30.4 Å². The van der Waals surface area contributed by atoms with Crippen LogP contribution in [0.4, 0.5) is 13.8 Å². The number of aromatic nitrogens is 3. The average molecular weight is 598 g/mol. The van der Waals surface area contributed by atoms with Crippen molar-refractivity contribution < 1.29 is 27.9 Å². The van der Waals surface area contributed by atoms with Crippen molar-refractivity contribution in [2.24, 2.45) is 0 Å². The van der Waals surface area contributed by atoms with Gasteiger partial charge in [-0.3, -0.25) is 14.2 Å². The molecule has 2 heterocycles. The second-order valence-electron chi connectivity index (χ2n) is 9.02. The van der Waals surface area contributed by atoms with Crippen LogP contribution in [-0.4, -0.2) is 44.9 Å². The van der Waals surface area contributed by atoms with Crippen LogP contribution in [0.5, 0.6) is 0 Å². The number of halogens is 2. The number of hydrogen-bond acceptors (Lipinski definition) is 8. The Morgan fingerprint density at radius 2 is 1.88 bits per heavy atom. The van der Waals surface area contributed by atoms with Crippen LogP contribution in [-0.2, 0) is 28.9 Å². The predicted octanol–water partition coefficient (Wildman–Crippen LogP) is 4.93. The number of amides is 2. The molecular weight excluding hydrogens is 572 g/mol. The number of rotatable bonds is 10. The zero-order valence-corrected chi connectivity index (χ0v) is 23.5. The number of anilines is 1. The van der Waals surface area contributed by atoms with Gasteiger partial charge in [-0.15, -0.1) is 21.5 Å². The molecule has 41 heavy (non-hydrogen) atoms. The summed E-state index contributed by atoms with van der Waals surface area (Å²) >= 11 is 2.48. The largest absolute Gasteiger partial charge is 0.462 e. The first-order chi connectivity index (χ1) is 19.8. The maximum Gasteiger partial charge on any atom is 0.341 e. The molecule has 0 saturated carbocycles. The molecule has 4 aromatic rings. The van der Waals surface area contributed by atoms with E-state index in [9.17, 15) is 23.2 Å². The summed E-state index contributed by atoms with van der Waals surface area (Å²) < 4.78 is 34.0. The van der Waals surface area contributed by atoms with Crippen LogP contribution in [0, 0.1) is 11.6 Å². The first kappa shape index (κ1) is 28.4. The van der Waals surface area contributed by atoms with Crippen molar-refractivity contribution in [3.05, 3.63) is 87.6 Å². The summed E-state index contributed by atoms with van der Waals surface area (Å²) in [4.78, 5) is 39.2. The van der Waals surface area contributed by atoms with Crippen LogP contribution in [0.1, 0.15) is 50.3 Å². The number of hydrogen-bond donors (Lipinski definition) is 2. The minimum Gasteiger partial charge on any atom is -0.462 e. The fourth-order valence-electron chi connectivity index (χ4n) is 4.45. The molecule has 5 rings (SSSR count). The number of fused-ring (bicyclic) bond motifs is 1. The molecule has 0 spiro atoms. The molecule has 0 bridgehead atoms. The van der Waals surface area contributed by atoms with Gasteiger partial charge in [-0.25, -0.2) is 13.6 Å². The van der Waals surface area contributed by atoms with Gasteiger partial charge in [0.1, 0.15) is 16.6 Å². The van der Waals surface area contributed by atoms with Gasteiger partial charge in [0.15, 0.2) is 11.0 Å². The smallest absolute Gasteiger partial charge is 0.341 e. The fourth-order valence-corrected chi connectivity index (χ4v) is 6.52. The third kappa shape index (κ3) is 6.46. The molecule has 9 nitrogen and oxygen atoms in total. The first-order valence-corrected chi connectivity index (χ1v) is 14.6. The number of aryl methyl sites for hydroxylation is 1. The van der Waals surface area contributed by atoms with E-state index in [2.05, 4.69) is 20.8 Å². The number of thiophene rings is 1. The van der Waals surface area contributed by atoms with Crippen molar-refractivity contribution in [2.75, 3.05) is 17.7 Å². The summed E-state index contributed by atoms with van der Waals surface area (Å²) in [6.45, 7) is 1.91. The molecule has 1 aliphatic carbocycles. The van der Waals surface area contributed by atoms with E-state index in [4.69, 9.17) is 4.74 Å². The summed E-state index contributed by atoms with van der Waals surface area (Å²) in [6, 6.07) is 10.9. The van der Waals surface area contributed by atoms with Crippen molar-refractivity contribution in [3.8, 4) is 5.69 Å². The van der Waals surface area contributed by atoms with Crippen molar-refractivity contribution in [3.63, 3.8) is 0 Å². The minimum atomic E-state index is -0.536. The maximum atomic E-state index is 13.6. The summed E-state index contributed by atoms with van der Waals surface area (Å²) in [5.74, 6) is -2.01. The highest BCUT2D eigenvalue weighted by molar-refractivity contribution is 7.99. The quantitative estimate of drug-likeness (QED) is 0.197. The number of nitrogens with one attached hydrogen (secondary N) is 2. The number of carbonyl (C=O) groups excluding carboxylic acids is 3. The van der Waals surface area contributed by atoms with E-state index in [1.807, 2.05) is 0 Å². The molecule has 1 aliphatic rings. The highest BCUT2D eigenvalue weighted by Crippen LogP contribution is 2.39. The van der Waals surface area contributed by atoms with E-state index in [1.165, 1.54) is 53.8 Å². The topological polar surface area (TPSA) is 115 Å². The molecule has 2 aromatic heterocycles.